The number of imide groups is 1. The summed E-state index contributed by atoms with van der Waals surface area (Å²) < 4.78 is 4.42. The van der Waals surface area contributed by atoms with Crippen LogP contribution in [0.25, 0.3) is 0 Å². The molecule has 0 saturated carbocycles. The van der Waals surface area contributed by atoms with Gasteiger partial charge < -0.3 is 10.5 Å². The zero-order valence-corrected chi connectivity index (χ0v) is 10.3. The first-order valence-corrected chi connectivity index (χ1v) is 5.54. The zero-order valence-electron chi connectivity index (χ0n) is 10.3. The number of amides is 2. The molecule has 19 heavy (non-hydrogen) atoms. The van der Waals surface area contributed by atoms with E-state index in [0.717, 1.165) is 11.0 Å². The molecule has 0 aliphatic carbocycles. The number of carbonyl (C=O) groups excluding carboxylic acids is 3. The van der Waals surface area contributed by atoms with E-state index in [1.807, 2.05) is 0 Å². The lowest BCUT2D eigenvalue weighted by Gasteiger charge is -2.13. The van der Waals surface area contributed by atoms with Crippen molar-refractivity contribution in [1.82, 2.24) is 4.90 Å². The summed E-state index contributed by atoms with van der Waals surface area (Å²) in [6.45, 7) is -0.137. The number of ether oxygens (including phenoxy) is 1. The molecule has 1 aliphatic rings. The molecule has 0 atom stereocenters. The molecule has 1 aliphatic heterocycles. The third-order valence-electron chi connectivity index (χ3n) is 2.72. The van der Waals surface area contributed by atoms with Gasteiger partial charge >= 0.3 is 5.97 Å². The van der Waals surface area contributed by atoms with E-state index < -0.39 is 17.8 Å². The Kier molecular flexibility index (Phi) is 3.33. The number of carbonyl (C=O) groups is 3. The Hall–Kier alpha value is -2.63. The van der Waals surface area contributed by atoms with Crippen LogP contribution >= 0.6 is 0 Å². The fraction of sp³-hybridized carbons (Fsp3) is 0.154. The van der Waals surface area contributed by atoms with Crippen molar-refractivity contribution in [3.8, 4) is 0 Å². The van der Waals surface area contributed by atoms with E-state index in [2.05, 4.69) is 4.74 Å². The van der Waals surface area contributed by atoms with Crippen molar-refractivity contribution in [2.75, 3.05) is 13.7 Å². The second-order valence-electron chi connectivity index (χ2n) is 3.98. The summed E-state index contributed by atoms with van der Waals surface area (Å²) in [6, 6.07) is 6.52. The van der Waals surface area contributed by atoms with Gasteiger partial charge in [-0.15, -0.1) is 0 Å². The van der Waals surface area contributed by atoms with Crippen LogP contribution in [0.4, 0.5) is 0 Å². The minimum absolute atomic E-state index is 0.0846. The Morgan fingerprint density at radius 2 is 1.79 bits per heavy atom. The van der Waals surface area contributed by atoms with E-state index in [0.29, 0.717) is 11.1 Å². The predicted octanol–water partition coefficient (Wildman–Crippen LogP) is 0.298. The number of esters is 1. The van der Waals surface area contributed by atoms with Crippen LogP contribution in [0.2, 0.25) is 0 Å². The molecule has 0 aromatic heterocycles. The Labute approximate surface area is 109 Å². The third-order valence-corrected chi connectivity index (χ3v) is 2.72. The van der Waals surface area contributed by atoms with Crippen molar-refractivity contribution in [3.05, 3.63) is 47.2 Å². The molecule has 0 spiro atoms. The van der Waals surface area contributed by atoms with Gasteiger partial charge in [0.05, 0.1) is 24.8 Å². The second-order valence-corrected chi connectivity index (χ2v) is 3.98. The number of rotatable bonds is 3. The first-order valence-electron chi connectivity index (χ1n) is 5.54. The van der Waals surface area contributed by atoms with E-state index in [-0.39, 0.29) is 12.2 Å². The van der Waals surface area contributed by atoms with Crippen LogP contribution < -0.4 is 5.73 Å². The number of fused-ring (bicyclic) bond motifs is 1. The maximum absolute atomic E-state index is 12.0. The second kappa shape index (κ2) is 4.93. The van der Waals surface area contributed by atoms with Crippen LogP contribution in [-0.4, -0.2) is 36.3 Å². The van der Waals surface area contributed by atoms with Gasteiger partial charge in [-0.2, -0.15) is 0 Å². The van der Waals surface area contributed by atoms with Crippen molar-refractivity contribution in [2.45, 2.75) is 0 Å². The van der Waals surface area contributed by atoms with E-state index >= 15 is 0 Å². The largest absolute Gasteiger partial charge is 0.466 e. The maximum Gasteiger partial charge on any atom is 0.332 e. The fourth-order valence-electron chi connectivity index (χ4n) is 1.82. The minimum atomic E-state index is -0.630. The lowest BCUT2D eigenvalue weighted by atomic mass is 10.1. The number of hydrogen-bond donors (Lipinski definition) is 1. The number of nitrogens with two attached hydrogens (primary N) is 1. The molecule has 1 aromatic rings. The van der Waals surface area contributed by atoms with E-state index in [9.17, 15) is 14.4 Å². The quantitative estimate of drug-likeness (QED) is 0.479. The van der Waals surface area contributed by atoms with Gasteiger partial charge in [0.15, 0.2) is 0 Å². The lowest BCUT2D eigenvalue weighted by Crippen LogP contribution is -2.33. The molecule has 98 valence electrons. The van der Waals surface area contributed by atoms with Crippen molar-refractivity contribution < 1.29 is 19.1 Å². The van der Waals surface area contributed by atoms with Gasteiger partial charge in [-0.25, -0.2) is 4.79 Å². The number of hydrogen-bond acceptors (Lipinski definition) is 5. The first kappa shape index (κ1) is 12.8. The molecule has 0 fully saturated rings. The van der Waals surface area contributed by atoms with E-state index in [1.165, 1.54) is 7.11 Å². The van der Waals surface area contributed by atoms with Crippen LogP contribution in [0.15, 0.2) is 36.0 Å². The van der Waals surface area contributed by atoms with Crippen molar-refractivity contribution in [1.29, 1.82) is 0 Å². The minimum Gasteiger partial charge on any atom is -0.466 e. The highest BCUT2D eigenvalue weighted by Crippen LogP contribution is 2.22. The summed E-state index contributed by atoms with van der Waals surface area (Å²) in [5, 5.41) is 0. The first-order chi connectivity index (χ1) is 9.04. The van der Waals surface area contributed by atoms with Gasteiger partial charge in [0, 0.05) is 11.8 Å². The van der Waals surface area contributed by atoms with Crippen LogP contribution in [0.3, 0.4) is 0 Å². The number of nitrogens with zero attached hydrogens (tertiary/aromatic N) is 1. The molecule has 2 amide bonds. The number of methoxy groups -OCH3 is 1. The fourth-order valence-corrected chi connectivity index (χ4v) is 1.82. The molecule has 2 N–H and O–H groups in total. The summed E-state index contributed by atoms with van der Waals surface area (Å²) in [6.07, 6.45) is 1.05. The maximum atomic E-state index is 12.0. The highest BCUT2D eigenvalue weighted by atomic mass is 16.5. The standard InChI is InChI=1S/C13H12N2O4/c1-19-11(16)6-8(14)7-15-12(17)9-4-2-3-5-10(9)13(15)18/h2-6H,7,14H2,1H3/b8-6-. The highest BCUT2D eigenvalue weighted by molar-refractivity contribution is 6.21. The smallest absolute Gasteiger partial charge is 0.332 e. The SMILES string of the molecule is COC(=O)/C=C(\N)CN1C(=O)c2ccccc2C1=O. The summed E-state index contributed by atoms with van der Waals surface area (Å²) in [5.41, 5.74) is 6.38. The molecule has 6 heteroatoms. The summed E-state index contributed by atoms with van der Waals surface area (Å²) >= 11 is 0. The van der Waals surface area contributed by atoms with E-state index in [1.54, 1.807) is 24.3 Å². The summed E-state index contributed by atoms with van der Waals surface area (Å²) in [7, 11) is 1.22. The Balaban J connectivity index is 2.21. The van der Waals surface area contributed by atoms with Crippen LogP contribution in [-0.2, 0) is 9.53 Å². The average Bonchev–Trinajstić information content (AvgIpc) is 2.64. The van der Waals surface area contributed by atoms with Crippen LogP contribution in [0.5, 0.6) is 0 Å². The molecule has 6 nitrogen and oxygen atoms in total. The van der Waals surface area contributed by atoms with Crippen molar-refractivity contribution in [3.63, 3.8) is 0 Å². The molecule has 2 rings (SSSR count). The Morgan fingerprint density at radius 1 is 1.26 bits per heavy atom. The molecule has 0 radical (unpaired) electrons. The van der Waals surface area contributed by atoms with Crippen LogP contribution in [0.1, 0.15) is 20.7 Å². The van der Waals surface area contributed by atoms with Gasteiger partial charge in [-0.3, -0.25) is 14.5 Å². The van der Waals surface area contributed by atoms with Crippen molar-refractivity contribution >= 4 is 17.8 Å². The highest BCUT2D eigenvalue weighted by Gasteiger charge is 2.35. The molecule has 1 heterocycles. The van der Waals surface area contributed by atoms with Gasteiger partial charge in [0.1, 0.15) is 0 Å². The van der Waals surface area contributed by atoms with Crippen LogP contribution in [0, 0.1) is 0 Å². The monoisotopic (exact) mass is 260 g/mol. The lowest BCUT2D eigenvalue weighted by molar-refractivity contribution is -0.134. The molecular weight excluding hydrogens is 248 g/mol. The zero-order chi connectivity index (χ0) is 14.0. The van der Waals surface area contributed by atoms with Gasteiger partial charge in [0.2, 0.25) is 0 Å². The molecule has 0 saturated heterocycles. The topological polar surface area (TPSA) is 89.7 Å². The average molecular weight is 260 g/mol. The summed E-state index contributed by atoms with van der Waals surface area (Å²) in [5.74, 6) is -1.46. The van der Waals surface area contributed by atoms with Gasteiger partial charge in [0.25, 0.3) is 11.8 Å². The molecule has 1 aromatic carbocycles. The van der Waals surface area contributed by atoms with Crippen molar-refractivity contribution in [2.24, 2.45) is 5.73 Å². The third kappa shape index (κ3) is 2.33. The number of benzene rings is 1. The predicted molar refractivity (Wildman–Crippen MR) is 66.1 cm³/mol. The molecular formula is C13H12N2O4. The van der Waals surface area contributed by atoms with Gasteiger partial charge in [-0.1, -0.05) is 12.1 Å². The Morgan fingerprint density at radius 3 is 2.26 bits per heavy atom. The Bertz CT molecular complexity index is 557. The normalized spacial score (nSPS) is 14.6. The van der Waals surface area contributed by atoms with Gasteiger partial charge in [-0.05, 0) is 12.1 Å². The van der Waals surface area contributed by atoms with E-state index in [4.69, 9.17) is 5.73 Å². The summed E-state index contributed by atoms with van der Waals surface area (Å²) in [4.78, 5) is 36.0. The molecule has 0 bridgehead atoms. The molecule has 0 unspecified atom stereocenters.